The van der Waals surface area contributed by atoms with E-state index in [4.69, 9.17) is 19.3 Å². The average molecular weight is 338 g/mol. The molecule has 0 bridgehead atoms. The Morgan fingerprint density at radius 2 is 2.00 bits per heavy atom. The average Bonchev–Trinajstić information content (AvgIpc) is 2.60. The van der Waals surface area contributed by atoms with E-state index in [9.17, 15) is 15.3 Å². The van der Waals surface area contributed by atoms with Gasteiger partial charge in [-0.2, -0.15) is 0 Å². The number of methoxy groups -OCH3 is 1. The van der Waals surface area contributed by atoms with Gasteiger partial charge in [-0.05, 0) is 17.7 Å². The Bertz CT molecular complexity index is 564. The zero-order valence-corrected chi connectivity index (χ0v) is 13.3. The zero-order chi connectivity index (χ0) is 17.5. The summed E-state index contributed by atoms with van der Waals surface area (Å²) in [5, 5.41) is 38.4. The number of rotatable bonds is 5. The highest BCUT2D eigenvalue weighted by molar-refractivity contribution is 5.37. The van der Waals surface area contributed by atoms with Gasteiger partial charge in [0.25, 0.3) is 0 Å². The summed E-state index contributed by atoms with van der Waals surface area (Å²) < 4.78 is 15.9. The molecule has 4 N–H and O–H groups in total. The van der Waals surface area contributed by atoms with Gasteiger partial charge in [0.05, 0.1) is 13.2 Å². The van der Waals surface area contributed by atoms with E-state index in [0.717, 1.165) is 11.1 Å². The molecule has 24 heavy (non-hydrogen) atoms. The molecule has 1 aliphatic heterocycles. The van der Waals surface area contributed by atoms with Gasteiger partial charge in [-0.15, -0.1) is 0 Å². The number of ether oxygens (including phenoxy) is 3. The number of aliphatic hydroxyl groups is 4. The van der Waals surface area contributed by atoms with Crippen molar-refractivity contribution in [2.24, 2.45) is 0 Å². The van der Waals surface area contributed by atoms with Crippen LogP contribution in [0, 0.1) is 11.8 Å². The number of aliphatic hydroxyl groups excluding tert-OH is 4. The minimum atomic E-state index is -1.19. The highest BCUT2D eigenvalue weighted by Crippen LogP contribution is 2.24. The van der Waals surface area contributed by atoms with E-state index in [1.807, 2.05) is 6.07 Å². The Balaban J connectivity index is 2.06. The van der Waals surface area contributed by atoms with Crippen LogP contribution in [0.2, 0.25) is 0 Å². The van der Waals surface area contributed by atoms with Gasteiger partial charge in [0.2, 0.25) is 0 Å². The smallest absolute Gasteiger partial charge is 0.186 e. The van der Waals surface area contributed by atoms with Crippen molar-refractivity contribution in [2.45, 2.75) is 37.3 Å². The van der Waals surface area contributed by atoms with Gasteiger partial charge in [-0.25, -0.2) is 0 Å². The number of hydrogen-bond donors (Lipinski definition) is 4. The first-order chi connectivity index (χ1) is 11.6. The standard InChI is InChI=1S/C17H22O7/c1-22-17-15(21)16(14(20)13(9-19)24-17)23-10-12-5-2-4-11(8-12)6-3-7-18/h2,4-5,8,13-21H,7,9-10H2,1H3/t13-,14+,15-,16+,17-/m1/s1. The Kier molecular flexibility index (Phi) is 7.15. The van der Waals surface area contributed by atoms with Crippen LogP contribution in [0.1, 0.15) is 11.1 Å². The summed E-state index contributed by atoms with van der Waals surface area (Å²) in [4.78, 5) is 0. The maximum absolute atomic E-state index is 10.2. The molecule has 0 saturated carbocycles. The summed E-state index contributed by atoms with van der Waals surface area (Å²) in [6.45, 7) is -0.510. The quantitative estimate of drug-likeness (QED) is 0.510. The van der Waals surface area contributed by atoms with E-state index in [1.54, 1.807) is 18.2 Å². The second-order valence-electron chi connectivity index (χ2n) is 5.38. The summed E-state index contributed by atoms with van der Waals surface area (Å²) in [6, 6.07) is 7.20. The molecule has 1 heterocycles. The van der Waals surface area contributed by atoms with Gasteiger partial charge in [0, 0.05) is 12.7 Å². The summed E-state index contributed by atoms with van der Waals surface area (Å²) in [5.41, 5.74) is 1.52. The first-order valence-corrected chi connectivity index (χ1v) is 7.56. The third kappa shape index (κ3) is 4.53. The Morgan fingerprint density at radius 1 is 1.21 bits per heavy atom. The summed E-state index contributed by atoms with van der Waals surface area (Å²) in [5.74, 6) is 5.36. The van der Waals surface area contributed by atoms with Crippen molar-refractivity contribution in [3.8, 4) is 11.8 Å². The summed E-state index contributed by atoms with van der Waals surface area (Å²) in [7, 11) is 1.36. The molecule has 7 heteroatoms. The lowest BCUT2D eigenvalue weighted by atomic mass is 9.99. The molecule has 1 saturated heterocycles. The molecule has 0 amide bonds. The molecule has 5 atom stereocenters. The van der Waals surface area contributed by atoms with Crippen molar-refractivity contribution < 1.29 is 34.6 Å². The molecular formula is C17H22O7. The molecule has 0 radical (unpaired) electrons. The van der Waals surface area contributed by atoms with Crippen LogP contribution in [0.4, 0.5) is 0 Å². The van der Waals surface area contributed by atoms with Gasteiger partial charge in [-0.3, -0.25) is 0 Å². The minimum absolute atomic E-state index is 0.127. The third-order valence-corrected chi connectivity index (χ3v) is 3.74. The molecule has 1 aliphatic rings. The highest BCUT2D eigenvalue weighted by atomic mass is 16.7. The van der Waals surface area contributed by atoms with Crippen LogP contribution in [-0.4, -0.2) is 71.5 Å². The topological polar surface area (TPSA) is 109 Å². The molecule has 2 rings (SSSR count). The Morgan fingerprint density at radius 3 is 2.67 bits per heavy atom. The molecule has 1 aromatic rings. The van der Waals surface area contributed by atoms with E-state index in [1.165, 1.54) is 7.11 Å². The lowest BCUT2D eigenvalue weighted by Gasteiger charge is -2.41. The van der Waals surface area contributed by atoms with Crippen LogP contribution >= 0.6 is 0 Å². The highest BCUT2D eigenvalue weighted by Gasteiger charge is 2.45. The predicted octanol–water partition coefficient (Wildman–Crippen LogP) is -0.999. The minimum Gasteiger partial charge on any atom is -0.394 e. The number of benzene rings is 1. The molecule has 132 valence electrons. The van der Waals surface area contributed by atoms with Crippen molar-refractivity contribution >= 4 is 0 Å². The van der Waals surface area contributed by atoms with Crippen LogP contribution in [-0.2, 0) is 20.8 Å². The molecule has 0 aliphatic carbocycles. The first kappa shape index (κ1) is 18.8. The van der Waals surface area contributed by atoms with E-state index in [2.05, 4.69) is 11.8 Å². The monoisotopic (exact) mass is 338 g/mol. The lowest BCUT2D eigenvalue weighted by molar-refractivity contribution is -0.303. The van der Waals surface area contributed by atoms with Crippen molar-refractivity contribution in [3.05, 3.63) is 35.4 Å². The normalized spacial score (nSPS) is 29.8. The number of hydrogen-bond acceptors (Lipinski definition) is 7. The fourth-order valence-electron chi connectivity index (χ4n) is 2.52. The molecule has 0 spiro atoms. The molecule has 1 aromatic carbocycles. The van der Waals surface area contributed by atoms with Crippen molar-refractivity contribution in [1.82, 2.24) is 0 Å². The van der Waals surface area contributed by atoms with Gasteiger partial charge in [-0.1, -0.05) is 24.0 Å². The molecule has 1 fully saturated rings. The predicted molar refractivity (Wildman–Crippen MR) is 83.8 cm³/mol. The van der Waals surface area contributed by atoms with Gasteiger partial charge < -0.3 is 34.6 Å². The van der Waals surface area contributed by atoms with Crippen LogP contribution in [0.15, 0.2) is 24.3 Å². The zero-order valence-electron chi connectivity index (χ0n) is 13.3. The molecule has 7 nitrogen and oxygen atoms in total. The van der Waals surface area contributed by atoms with Crippen LogP contribution in [0.3, 0.4) is 0 Å². The van der Waals surface area contributed by atoms with Gasteiger partial charge >= 0.3 is 0 Å². The van der Waals surface area contributed by atoms with E-state index < -0.39 is 37.3 Å². The van der Waals surface area contributed by atoms with Crippen LogP contribution < -0.4 is 0 Å². The van der Waals surface area contributed by atoms with Crippen molar-refractivity contribution in [3.63, 3.8) is 0 Å². The van der Waals surface area contributed by atoms with Gasteiger partial charge in [0.1, 0.15) is 31.0 Å². The second kappa shape index (κ2) is 9.11. The van der Waals surface area contributed by atoms with Crippen molar-refractivity contribution in [1.29, 1.82) is 0 Å². The molecule has 0 unspecified atom stereocenters. The Hall–Kier alpha value is -1.50. The SMILES string of the molecule is CO[C@@H]1O[C@H](CO)[C@H](O)[C@H](OCc2cccc(C#CCO)c2)[C@H]1O. The van der Waals surface area contributed by atoms with E-state index in [0.29, 0.717) is 0 Å². The fourth-order valence-corrected chi connectivity index (χ4v) is 2.52. The van der Waals surface area contributed by atoms with Gasteiger partial charge in [0.15, 0.2) is 6.29 Å². The maximum Gasteiger partial charge on any atom is 0.186 e. The summed E-state index contributed by atoms with van der Waals surface area (Å²) >= 11 is 0. The lowest BCUT2D eigenvalue weighted by Crippen LogP contribution is -2.59. The largest absolute Gasteiger partial charge is 0.394 e. The van der Waals surface area contributed by atoms with E-state index in [-0.39, 0.29) is 13.2 Å². The maximum atomic E-state index is 10.2. The molecular weight excluding hydrogens is 316 g/mol. The Labute approximate surface area is 140 Å². The summed E-state index contributed by atoms with van der Waals surface area (Å²) in [6.07, 6.45) is -5.23. The molecule has 0 aromatic heterocycles. The second-order valence-corrected chi connectivity index (χ2v) is 5.38. The van der Waals surface area contributed by atoms with Crippen molar-refractivity contribution in [2.75, 3.05) is 20.3 Å². The fraction of sp³-hybridized carbons (Fsp3) is 0.529. The van der Waals surface area contributed by atoms with E-state index >= 15 is 0 Å². The van der Waals surface area contributed by atoms with Crippen LogP contribution in [0.25, 0.3) is 0 Å². The third-order valence-electron chi connectivity index (χ3n) is 3.74. The first-order valence-electron chi connectivity index (χ1n) is 7.56. The van der Waals surface area contributed by atoms with Crippen LogP contribution in [0.5, 0.6) is 0 Å².